The largest absolute Gasteiger partial charge is 0.455 e. The smallest absolute Gasteiger partial charge is 0.312 e. The zero-order valence-corrected chi connectivity index (χ0v) is 16.0. The molecule has 0 saturated carbocycles. The summed E-state index contributed by atoms with van der Waals surface area (Å²) in [7, 11) is 0. The van der Waals surface area contributed by atoms with Gasteiger partial charge in [0.2, 0.25) is 0 Å². The van der Waals surface area contributed by atoms with Crippen molar-refractivity contribution < 1.29 is 19.1 Å². The molecule has 0 aliphatic carbocycles. The maximum absolute atomic E-state index is 12.7. The first kappa shape index (κ1) is 19.4. The third-order valence-electron chi connectivity index (χ3n) is 3.84. The van der Waals surface area contributed by atoms with Gasteiger partial charge in [-0.15, -0.1) is 11.3 Å². The molecule has 2 aromatic carbocycles. The lowest BCUT2D eigenvalue weighted by Gasteiger charge is -2.10. The van der Waals surface area contributed by atoms with Gasteiger partial charge in [-0.1, -0.05) is 42.5 Å². The minimum absolute atomic E-state index is 0.0146. The standard InChI is InChI=1S/C21H18N2O4S/c1-14-22-16(13-28-14)11-20(25)27-12-19(24)23-18-10-6-5-9-17(18)21(26)15-7-3-2-4-8-15/h2-10,13H,11-12H2,1H3,(H,23,24). The van der Waals surface area contributed by atoms with Crippen LogP contribution in [0, 0.1) is 6.92 Å². The summed E-state index contributed by atoms with van der Waals surface area (Å²) in [4.78, 5) is 40.9. The molecule has 1 amide bonds. The number of anilines is 1. The molecule has 0 spiro atoms. The Labute approximate surface area is 166 Å². The van der Waals surface area contributed by atoms with Gasteiger partial charge in [-0.2, -0.15) is 0 Å². The number of aryl methyl sites for hydroxylation is 1. The molecule has 0 radical (unpaired) electrons. The molecule has 1 aromatic heterocycles. The second-order valence-corrected chi connectivity index (χ2v) is 7.05. The highest BCUT2D eigenvalue weighted by Crippen LogP contribution is 2.19. The quantitative estimate of drug-likeness (QED) is 0.490. The SMILES string of the molecule is Cc1nc(CC(=O)OCC(=O)Nc2ccccc2C(=O)c2ccccc2)cs1. The van der Waals surface area contributed by atoms with E-state index in [2.05, 4.69) is 10.3 Å². The summed E-state index contributed by atoms with van der Waals surface area (Å²) in [6.07, 6.45) is 0.0146. The van der Waals surface area contributed by atoms with Crippen LogP contribution in [0.25, 0.3) is 0 Å². The van der Waals surface area contributed by atoms with Gasteiger partial charge in [0.1, 0.15) is 0 Å². The number of aromatic nitrogens is 1. The van der Waals surface area contributed by atoms with Crippen LogP contribution in [0.1, 0.15) is 26.6 Å². The fraction of sp³-hybridized carbons (Fsp3) is 0.143. The number of amides is 1. The number of hydrogen-bond donors (Lipinski definition) is 1. The number of ketones is 1. The highest BCUT2D eigenvalue weighted by molar-refractivity contribution is 7.09. The molecular formula is C21H18N2O4S. The number of rotatable bonds is 7. The first-order valence-electron chi connectivity index (χ1n) is 8.58. The van der Waals surface area contributed by atoms with E-state index in [-0.39, 0.29) is 12.2 Å². The summed E-state index contributed by atoms with van der Waals surface area (Å²) in [6, 6.07) is 15.5. The van der Waals surface area contributed by atoms with Gasteiger partial charge in [0.05, 0.1) is 22.8 Å². The zero-order chi connectivity index (χ0) is 19.9. The van der Waals surface area contributed by atoms with Crippen molar-refractivity contribution in [3.05, 3.63) is 81.8 Å². The average Bonchev–Trinajstić information content (AvgIpc) is 3.11. The summed E-state index contributed by atoms with van der Waals surface area (Å²) >= 11 is 1.44. The average molecular weight is 394 g/mol. The fourth-order valence-electron chi connectivity index (χ4n) is 2.56. The summed E-state index contributed by atoms with van der Waals surface area (Å²) in [5.74, 6) is -1.25. The molecule has 0 aliphatic heterocycles. The van der Waals surface area contributed by atoms with Gasteiger partial charge in [0.15, 0.2) is 12.4 Å². The van der Waals surface area contributed by atoms with Crippen LogP contribution in [0.2, 0.25) is 0 Å². The second kappa shape index (κ2) is 9.05. The highest BCUT2D eigenvalue weighted by atomic mass is 32.1. The van der Waals surface area contributed by atoms with Crippen LogP contribution in [0.5, 0.6) is 0 Å². The Morgan fingerprint density at radius 3 is 2.46 bits per heavy atom. The Kier molecular flexibility index (Phi) is 6.29. The van der Waals surface area contributed by atoms with E-state index in [4.69, 9.17) is 4.74 Å². The predicted octanol–water partition coefficient (Wildman–Crippen LogP) is 3.41. The molecule has 6 nitrogen and oxygen atoms in total. The normalized spacial score (nSPS) is 10.3. The van der Waals surface area contributed by atoms with Crippen LogP contribution in [0.4, 0.5) is 5.69 Å². The number of nitrogens with one attached hydrogen (secondary N) is 1. The third kappa shape index (κ3) is 5.11. The molecule has 28 heavy (non-hydrogen) atoms. The second-order valence-electron chi connectivity index (χ2n) is 5.98. The molecule has 0 bridgehead atoms. The van der Waals surface area contributed by atoms with Crippen molar-refractivity contribution in [1.82, 2.24) is 4.98 Å². The van der Waals surface area contributed by atoms with E-state index in [9.17, 15) is 14.4 Å². The highest BCUT2D eigenvalue weighted by Gasteiger charge is 2.16. The molecule has 7 heteroatoms. The molecule has 0 atom stereocenters. The molecular weight excluding hydrogens is 376 g/mol. The number of thiazole rings is 1. The Balaban J connectivity index is 1.60. The zero-order valence-electron chi connectivity index (χ0n) is 15.2. The van der Waals surface area contributed by atoms with E-state index in [1.165, 1.54) is 11.3 Å². The van der Waals surface area contributed by atoms with Gasteiger partial charge in [0, 0.05) is 16.5 Å². The van der Waals surface area contributed by atoms with Crippen molar-refractivity contribution in [1.29, 1.82) is 0 Å². The molecule has 0 unspecified atom stereocenters. The summed E-state index contributed by atoms with van der Waals surface area (Å²) in [6.45, 7) is 1.41. The van der Waals surface area contributed by atoms with E-state index in [0.29, 0.717) is 22.5 Å². The van der Waals surface area contributed by atoms with Crippen molar-refractivity contribution in [2.45, 2.75) is 13.3 Å². The number of hydrogen-bond acceptors (Lipinski definition) is 6. The van der Waals surface area contributed by atoms with E-state index in [1.807, 2.05) is 13.0 Å². The van der Waals surface area contributed by atoms with Gasteiger partial charge in [-0.25, -0.2) is 4.98 Å². The number of esters is 1. The maximum Gasteiger partial charge on any atom is 0.312 e. The summed E-state index contributed by atoms with van der Waals surface area (Å²) in [5.41, 5.74) is 1.87. The Morgan fingerprint density at radius 1 is 1.04 bits per heavy atom. The lowest BCUT2D eigenvalue weighted by Crippen LogP contribution is -2.22. The predicted molar refractivity (Wildman–Crippen MR) is 106 cm³/mol. The number of carbonyl (C=O) groups excluding carboxylic acids is 3. The molecule has 3 rings (SSSR count). The summed E-state index contributed by atoms with van der Waals surface area (Å²) in [5, 5.41) is 5.28. The van der Waals surface area contributed by atoms with Gasteiger partial charge < -0.3 is 10.1 Å². The molecule has 0 fully saturated rings. The lowest BCUT2D eigenvalue weighted by atomic mass is 10.0. The molecule has 0 saturated heterocycles. The van der Waals surface area contributed by atoms with Crippen molar-refractivity contribution in [2.24, 2.45) is 0 Å². The van der Waals surface area contributed by atoms with Crippen molar-refractivity contribution in [3.8, 4) is 0 Å². The van der Waals surface area contributed by atoms with Crippen LogP contribution in [0.15, 0.2) is 60.0 Å². The van der Waals surface area contributed by atoms with Gasteiger partial charge >= 0.3 is 5.97 Å². The molecule has 1 N–H and O–H groups in total. The fourth-order valence-corrected chi connectivity index (χ4v) is 3.17. The first-order valence-corrected chi connectivity index (χ1v) is 9.46. The van der Waals surface area contributed by atoms with Crippen molar-refractivity contribution >= 4 is 34.7 Å². The van der Waals surface area contributed by atoms with Crippen LogP contribution in [-0.2, 0) is 20.7 Å². The first-order chi connectivity index (χ1) is 13.5. The van der Waals surface area contributed by atoms with E-state index in [0.717, 1.165) is 5.01 Å². The van der Waals surface area contributed by atoms with Crippen LogP contribution in [-0.4, -0.2) is 29.3 Å². The number of para-hydroxylation sites is 1. The molecule has 142 valence electrons. The number of ether oxygens (including phenoxy) is 1. The topological polar surface area (TPSA) is 85.4 Å². The Hall–Kier alpha value is -3.32. The molecule has 3 aromatic rings. The molecule has 1 heterocycles. The van der Waals surface area contributed by atoms with E-state index in [1.54, 1.807) is 53.9 Å². The van der Waals surface area contributed by atoms with Crippen LogP contribution < -0.4 is 5.32 Å². The number of carbonyl (C=O) groups is 3. The third-order valence-corrected chi connectivity index (χ3v) is 4.66. The number of nitrogens with zero attached hydrogens (tertiary/aromatic N) is 1. The van der Waals surface area contributed by atoms with Crippen LogP contribution in [0.3, 0.4) is 0 Å². The maximum atomic E-state index is 12.7. The van der Waals surface area contributed by atoms with Gasteiger partial charge in [-0.05, 0) is 19.1 Å². The lowest BCUT2D eigenvalue weighted by molar-refractivity contribution is -0.146. The minimum Gasteiger partial charge on any atom is -0.455 e. The van der Waals surface area contributed by atoms with Gasteiger partial charge in [-0.3, -0.25) is 14.4 Å². The Morgan fingerprint density at radius 2 is 1.75 bits per heavy atom. The van der Waals surface area contributed by atoms with Crippen molar-refractivity contribution in [3.63, 3.8) is 0 Å². The van der Waals surface area contributed by atoms with E-state index >= 15 is 0 Å². The minimum atomic E-state index is -0.533. The Bertz CT molecular complexity index is 998. The number of benzene rings is 2. The van der Waals surface area contributed by atoms with Gasteiger partial charge in [0.25, 0.3) is 5.91 Å². The van der Waals surface area contributed by atoms with E-state index < -0.39 is 18.5 Å². The van der Waals surface area contributed by atoms with Crippen LogP contribution >= 0.6 is 11.3 Å². The monoisotopic (exact) mass is 394 g/mol. The molecule has 0 aliphatic rings. The summed E-state index contributed by atoms with van der Waals surface area (Å²) < 4.78 is 5.00. The van der Waals surface area contributed by atoms with Crippen molar-refractivity contribution in [2.75, 3.05) is 11.9 Å².